The first-order valence-corrected chi connectivity index (χ1v) is 16.6. The molecule has 0 spiro atoms. The van der Waals surface area contributed by atoms with Gasteiger partial charge in [-0.15, -0.1) is 0 Å². The number of amides is 2. The zero-order valence-electron chi connectivity index (χ0n) is 27.0. The van der Waals surface area contributed by atoms with Crippen molar-refractivity contribution in [2.24, 2.45) is 0 Å². The van der Waals surface area contributed by atoms with E-state index in [2.05, 4.69) is 5.32 Å². The van der Waals surface area contributed by atoms with Gasteiger partial charge in [-0.3, -0.25) is 13.9 Å². The van der Waals surface area contributed by atoms with Crippen LogP contribution in [0, 0.1) is 6.92 Å². The lowest BCUT2D eigenvalue weighted by Gasteiger charge is -2.33. The van der Waals surface area contributed by atoms with Crippen LogP contribution in [0.4, 0.5) is 5.69 Å². The Bertz CT molecular complexity index is 1530. The lowest BCUT2D eigenvalue weighted by molar-refractivity contribution is -0.140. The van der Waals surface area contributed by atoms with Crippen molar-refractivity contribution in [2.75, 3.05) is 38.2 Å². The van der Waals surface area contributed by atoms with E-state index in [0.29, 0.717) is 31.1 Å². The highest BCUT2D eigenvalue weighted by Gasteiger charge is 2.34. The molecule has 0 aliphatic heterocycles. The minimum atomic E-state index is -4.31. The minimum Gasteiger partial charge on any atom is -0.494 e. The fraction of sp³-hybridized carbons (Fsp3) is 0.412. The van der Waals surface area contributed by atoms with E-state index in [1.165, 1.54) is 37.3 Å². The van der Waals surface area contributed by atoms with Crippen molar-refractivity contribution in [2.45, 2.75) is 64.4 Å². The van der Waals surface area contributed by atoms with E-state index >= 15 is 0 Å². The lowest BCUT2D eigenvalue weighted by Crippen LogP contribution is -2.52. The average Bonchev–Trinajstić information content (AvgIpc) is 3.03. The lowest BCUT2D eigenvalue weighted by atomic mass is 10.1. The van der Waals surface area contributed by atoms with Gasteiger partial charge in [0.2, 0.25) is 11.8 Å². The van der Waals surface area contributed by atoms with Crippen molar-refractivity contribution >= 4 is 27.5 Å². The van der Waals surface area contributed by atoms with E-state index in [1.54, 1.807) is 24.3 Å². The number of carbonyl (C=O) groups excluding carboxylic acids is 2. The van der Waals surface area contributed by atoms with Crippen LogP contribution >= 0.6 is 0 Å². The largest absolute Gasteiger partial charge is 0.494 e. The summed E-state index contributed by atoms with van der Waals surface area (Å²) in [6, 6.07) is 17.6. The number of anilines is 1. The summed E-state index contributed by atoms with van der Waals surface area (Å²) >= 11 is 0. The van der Waals surface area contributed by atoms with E-state index in [0.717, 1.165) is 28.3 Å². The molecule has 11 heteroatoms. The number of hydrogen-bond donors (Lipinski definition) is 1. The number of ether oxygens (including phenoxy) is 3. The minimum absolute atomic E-state index is 0.0866. The van der Waals surface area contributed by atoms with E-state index in [-0.39, 0.29) is 28.8 Å². The van der Waals surface area contributed by atoms with Gasteiger partial charge in [-0.25, -0.2) is 8.42 Å². The van der Waals surface area contributed by atoms with Gasteiger partial charge >= 0.3 is 0 Å². The van der Waals surface area contributed by atoms with Crippen LogP contribution in [-0.2, 0) is 26.2 Å². The van der Waals surface area contributed by atoms with Crippen LogP contribution in [0.2, 0.25) is 0 Å². The Morgan fingerprint density at radius 2 is 1.62 bits per heavy atom. The molecule has 244 valence electrons. The van der Waals surface area contributed by atoms with Crippen LogP contribution in [0.15, 0.2) is 71.6 Å². The molecule has 0 aliphatic carbocycles. The summed E-state index contributed by atoms with van der Waals surface area (Å²) in [6.45, 7) is 8.20. The standard InChI is InChI=1S/C34H45N3O7S/c1-7-10-20-35-34(39)30(8-2)36(23-26-13-11-12-25(4)21-26)33(38)24-37(27-14-16-28(17-15-27)44-9-3)45(40,41)29-18-19-31(42-5)32(22-29)43-6/h11-19,21-22,30H,7-10,20,23-24H2,1-6H3,(H,35,39)/t30-/m0/s1. The maximum atomic E-state index is 14.3. The number of rotatable bonds is 17. The number of sulfonamides is 1. The zero-order chi connectivity index (χ0) is 33.0. The smallest absolute Gasteiger partial charge is 0.264 e. The molecular formula is C34H45N3O7S. The number of methoxy groups -OCH3 is 2. The third-order valence-corrected chi connectivity index (χ3v) is 9.08. The van der Waals surface area contributed by atoms with Gasteiger partial charge in [0.15, 0.2) is 11.5 Å². The molecule has 1 N–H and O–H groups in total. The van der Waals surface area contributed by atoms with Gasteiger partial charge < -0.3 is 24.4 Å². The average molecular weight is 640 g/mol. The molecular weight excluding hydrogens is 594 g/mol. The monoisotopic (exact) mass is 639 g/mol. The van der Waals surface area contributed by atoms with Crippen LogP contribution in [0.5, 0.6) is 17.2 Å². The first-order chi connectivity index (χ1) is 21.6. The van der Waals surface area contributed by atoms with Crippen molar-refractivity contribution < 1.29 is 32.2 Å². The second-order valence-electron chi connectivity index (χ2n) is 10.5. The van der Waals surface area contributed by atoms with Gasteiger partial charge in [0, 0.05) is 19.2 Å². The molecule has 0 radical (unpaired) electrons. The van der Waals surface area contributed by atoms with Gasteiger partial charge in [-0.05, 0) is 68.7 Å². The van der Waals surface area contributed by atoms with Crippen molar-refractivity contribution in [3.8, 4) is 17.2 Å². The number of benzene rings is 3. The third-order valence-electron chi connectivity index (χ3n) is 7.31. The third kappa shape index (κ3) is 9.13. The highest BCUT2D eigenvalue weighted by molar-refractivity contribution is 7.92. The Morgan fingerprint density at radius 3 is 2.22 bits per heavy atom. The fourth-order valence-electron chi connectivity index (χ4n) is 4.94. The van der Waals surface area contributed by atoms with E-state index in [1.807, 2.05) is 52.0 Å². The molecule has 0 saturated heterocycles. The first kappa shape index (κ1) is 35.2. The summed E-state index contributed by atoms with van der Waals surface area (Å²) in [4.78, 5) is 29.1. The second kappa shape index (κ2) is 16.7. The van der Waals surface area contributed by atoms with E-state index in [4.69, 9.17) is 14.2 Å². The maximum absolute atomic E-state index is 14.3. The SMILES string of the molecule is CCCCNC(=O)[C@H](CC)N(Cc1cccc(C)c1)C(=O)CN(c1ccc(OCC)cc1)S(=O)(=O)c1ccc(OC)c(OC)c1. The quantitative estimate of drug-likeness (QED) is 0.199. The molecule has 0 bridgehead atoms. The van der Waals surface area contributed by atoms with Crippen LogP contribution in [0.3, 0.4) is 0 Å². The Morgan fingerprint density at radius 1 is 0.911 bits per heavy atom. The van der Waals surface area contributed by atoms with Crippen LogP contribution in [-0.4, -0.2) is 65.1 Å². The summed E-state index contributed by atoms with van der Waals surface area (Å²) in [5.74, 6) is 0.359. The Balaban J connectivity index is 2.09. The molecule has 0 aliphatic rings. The second-order valence-corrected chi connectivity index (χ2v) is 12.4. The molecule has 0 saturated carbocycles. The summed E-state index contributed by atoms with van der Waals surface area (Å²) < 4.78 is 45.8. The predicted molar refractivity (Wildman–Crippen MR) is 175 cm³/mol. The predicted octanol–water partition coefficient (Wildman–Crippen LogP) is 5.33. The number of hydrogen-bond acceptors (Lipinski definition) is 7. The summed E-state index contributed by atoms with van der Waals surface area (Å²) in [5.41, 5.74) is 2.10. The molecule has 3 aromatic carbocycles. The number of unbranched alkanes of at least 4 members (excludes halogenated alkanes) is 1. The van der Waals surface area contributed by atoms with E-state index in [9.17, 15) is 18.0 Å². The van der Waals surface area contributed by atoms with Gasteiger partial charge in [0.1, 0.15) is 18.3 Å². The molecule has 1 atom stereocenters. The normalized spacial score (nSPS) is 11.8. The van der Waals surface area contributed by atoms with E-state index < -0.39 is 28.5 Å². The molecule has 3 aromatic rings. The number of carbonyl (C=O) groups is 2. The van der Waals surface area contributed by atoms with Gasteiger partial charge in [0.05, 0.1) is 31.4 Å². The fourth-order valence-corrected chi connectivity index (χ4v) is 6.37. The topological polar surface area (TPSA) is 114 Å². The van der Waals surface area contributed by atoms with Crippen LogP contribution in [0.25, 0.3) is 0 Å². The van der Waals surface area contributed by atoms with Crippen LogP contribution in [0.1, 0.15) is 51.2 Å². The maximum Gasteiger partial charge on any atom is 0.264 e. The highest BCUT2D eigenvalue weighted by Crippen LogP contribution is 2.33. The van der Waals surface area contributed by atoms with Crippen molar-refractivity contribution in [1.82, 2.24) is 10.2 Å². The first-order valence-electron chi connectivity index (χ1n) is 15.2. The molecule has 45 heavy (non-hydrogen) atoms. The van der Waals surface area contributed by atoms with Crippen molar-refractivity contribution in [3.63, 3.8) is 0 Å². The summed E-state index contributed by atoms with van der Waals surface area (Å²) in [5, 5.41) is 2.95. The molecule has 10 nitrogen and oxygen atoms in total. The van der Waals surface area contributed by atoms with Gasteiger partial charge in [-0.1, -0.05) is 50.1 Å². The Hall–Kier alpha value is -4.25. The molecule has 2 amide bonds. The Kier molecular flexibility index (Phi) is 13.1. The van der Waals surface area contributed by atoms with Crippen molar-refractivity contribution in [3.05, 3.63) is 77.9 Å². The number of nitrogens with one attached hydrogen (secondary N) is 1. The highest BCUT2D eigenvalue weighted by atomic mass is 32.2. The van der Waals surface area contributed by atoms with Gasteiger partial charge in [-0.2, -0.15) is 0 Å². The van der Waals surface area contributed by atoms with Crippen LogP contribution < -0.4 is 23.8 Å². The molecule has 0 aromatic heterocycles. The van der Waals surface area contributed by atoms with Gasteiger partial charge in [0.25, 0.3) is 10.0 Å². The summed E-state index contributed by atoms with van der Waals surface area (Å²) in [7, 11) is -1.43. The molecule has 0 fully saturated rings. The molecule has 0 heterocycles. The van der Waals surface area contributed by atoms with Crippen molar-refractivity contribution in [1.29, 1.82) is 0 Å². The number of aryl methyl sites for hydroxylation is 1. The summed E-state index contributed by atoms with van der Waals surface area (Å²) in [6.07, 6.45) is 2.07. The zero-order valence-corrected chi connectivity index (χ0v) is 27.9. The number of nitrogens with zero attached hydrogens (tertiary/aromatic N) is 2. The Labute approximate surface area is 267 Å². The molecule has 3 rings (SSSR count). The molecule has 0 unspecified atom stereocenters.